The van der Waals surface area contributed by atoms with Gasteiger partial charge >= 0.3 is 0 Å². The van der Waals surface area contributed by atoms with Crippen LogP contribution in [0.1, 0.15) is 40.0 Å². The second-order valence-electron chi connectivity index (χ2n) is 3.98. The highest BCUT2D eigenvalue weighted by atomic mass is 16.3. The fourth-order valence-electron chi connectivity index (χ4n) is 1.67. The van der Waals surface area contributed by atoms with Crippen LogP contribution in [-0.4, -0.2) is 35.7 Å². The minimum Gasteiger partial charge on any atom is -0.395 e. The summed E-state index contributed by atoms with van der Waals surface area (Å²) in [5, 5.41) is 9.29. The molecule has 0 aromatic heterocycles. The Hall–Kier alpha value is -0.340. The maximum atomic E-state index is 9.29. The van der Waals surface area contributed by atoms with E-state index in [-0.39, 0.29) is 12.6 Å². The molecule has 0 aromatic rings. The molecule has 0 bridgehead atoms. The fraction of sp³-hybridized carbons (Fsp3) is 0.833. The monoisotopic (exact) mass is 199 g/mol. The summed E-state index contributed by atoms with van der Waals surface area (Å²) >= 11 is 0. The van der Waals surface area contributed by atoms with Gasteiger partial charge in [0.25, 0.3) is 0 Å². The molecule has 0 aliphatic rings. The van der Waals surface area contributed by atoms with Gasteiger partial charge in [0, 0.05) is 6.04 Å². The van der Waals surface area contributed by atoms with Crippen LogP contribution in [0.5, 0.6) is 0 Å². The van der Waals surface area contributed by atoms with Gasteiger partial charge in [-0.05, 0) is 32.9 Å². The molecule has 0 rings (SSSR count). The number of rotatable bonds is 8. The van der Waals surface area contributed by atoms with E-state index in [1.54, 1.807) is 0 Å². The first-order chi connectivity index (χ1) is 6.65. The highest BCUT2D eigenvalue weighted by molar-refractivity contribution is 4.93. The van der Waals surface area contributed by atoms with Crippen molar-refractivity contribution in [2.75, 3.05) is 19.7 Å². The van der Waals surface area contributed by atoms with Gasteiger partial charge in [0.15, 0.2) is 0 Å². The summed E-state index contributed by atoms with van der Waals surface area (Å²) in [5.41, 5.74) is 1.15. The summed E-state index contributed by atoms with van der Waals surface area (Å²) in [4.78, 5) is 2.35. The number of aliphatic hydroxyl groups is 1. The van der Waals surface area contributed by atoms with Gasteiger partial charge in [-0.3, -0.25) is 4.90 Å². The molecule has 0 aliphatic heterocycles. The maximum absolute atomic E-state index is 9.29. The van der Waals surface area contributed by atoms with Crippen molar-refractivity contribution in [3.05, 3.63) is 12.2 Å². The molecule has 14 heavy (non-hydrogen) atoms. The van der Waals surface area contributed by atoms with Crippen molar-refractivity contribution in [2.24, 2.45) is 0 Å². The fourth-order valence-corrected chi connectivity index (χ4v) is 1.67. The van der Waals surface area contributed by atoms with E-state index < -0.39 is 0 Å². The zero-order valence-electron chi connectivity index (χ0n) is 9.92. The molecule has 0 spiro atoms. The predicted molar refractivity (Wildman–Crippen MR) is 62.5 cm³/mol. The third kappa shape index (κ3) is 5.40. The molecule has 1 N–H and O–H groups in total. The van der Waals surface area contributed by atoms with E-state index in [9.17, 15) is 5.11 Å². The van der Waals surface area contributed by atoms with Crippen LogP contribution in [0.4, 0.5) is 0 Å². The number of likely N-dealkylation sites (N-methyl/N-ethyl adjacent to an activating group) is 1. The van der Waals surface area contributed by atoms with Gasteiger partial charge in [0.1, 0.15) is 0 Å². The second kappa shape index (κ2) is 8.01. The molecule has 0 fully saturated rings. The highest BCUT2D eigenvalue weighted by Crippen LogP contribution is 2.10. The van der Waals surface area contributed by atoms with Crippen LogP contribution in [0, 0.1) is 0 Å². The van der Waals surface area contributed by atoms with Crippen molar-refractivity contribution in [3.8, 4) is 0 Å². The summed E-state index contributed by atoms with van der Waals surface area (Å²) < 4.78 is 0. The summed E-state index contributed by atoms with van der Waals surface area (Å²) in [6.45, 7) is 12.6. The van der Waals surface area contributed by atoms with Gasteiger partial charge in [-0.15, -0.1) is 6.58 Å². The SMILES string of the molecule is C=C(C)C[C@H](CO)N(CC)CCCC. The Morgan fingerprint density at radius 2 is 2.07 bits per heavy atom. The van der Waals surface area contributed by atoms with Crippen LogP contribution >= 0.6 is 0 Å². The Morgan fingerprint density at radius 1 is 1.43 bits per heavy atom. The van der Waals surface area contributed by atoms with Crippen LogP contribution in [0.2, 0.25) is 0 Å². The summed E-state index contributed by atoms with van der Waals surface area (Å²) in [5.74, 6) is 0. The Bertz CT molecular complexity index is 156. The molecule has 0 unspecified atom stereocenters. The molecule has 2 heteroatoms. The van der Waals surface area contributed by atoms with Gasteiger partial charge in [0.2, 0.25) is 0 Å². The lowest BCUT2D eigenvalue weighted by atomic mass is 10.1. The first kappa shape index (κ1) is 13.7. The van der Waals surface area contributed by atoms with Crippen LogP contribution in [0.3, 0.4) is 0 Å². The lowest BCUT2D eigenvalue weighted by molar-refractivity contribution is 0.126. The third-order valence-corrected chi connectivity index (χ3v) is 2.52. The molecule has 0 aromatic carbocycles. The third-order valence-electron chi connectivity index (χ3n) is 2.52. The zero-order valence-corrected chi connectivity index (χ0v) is 9.92. The minimum absolute atomic E-state index is 0.240. The molecule has 0 heterocycles. The molecular formula is C12H25NO. The van der Waals surface area contributed by atoms with Crippen molar-refractivity contribution < 1.29 is 5.11 Å². The topological polar surface area (TPSA) is 23.5 Å². The quantitative estimate of drug-likeness (QED) is 0.607. The Balaban J connectivity index is 4.06. The predicted octanol–water partition coefficient (Wildman–Crippen LogP) is 2.44. The number of aliphatic hydroxyl groups excluding tert-OH is 1. The van der Waals surface area contributed by atoms with E-state index in [0.717, 1.165) is 25.1 Å². The molecule has 0 radical (unpaired) electrons. The van der Waals surface area contributed by atoms with Crippen molar-refractivity contribution in [3.63, 3.8) is 0 Å². The second-order valence-corrected chi connectivity index (χ2v) is 3.98. The smallest absolute Gasteiger partial charge is 0.0589 e. The number of nitrogens with zero attached hydrogens (tertiary/aromatic N) is 1. The minimum atomic E-state index is 0.240. The van der Waals surface area contributed by atoms with E-state index in [4.69, 9.17) is 0 Å². The lowest BCUT2D eigenvalue weighted by Crippen LogP contribution is -2.38. The van der Waals surface area contributed by atoms with Crippen molar-refractivity contribution in [2.45, 2.75) is 46.1 Å². The van der Waals surface area contributed by atoms with Crippen molar-refractivity contribution >= 4 is 0 Å². The average Bonchev–Trinajstić information content (AvgIpc) is 2.16. The summed E-state index contributed by atoms with van der Waals surface area (Å²) in [6.07, 6.45) is 3.33. The lowest BCUT2D eigenvalue weighted by Gasteiger charge is -2.29. The van der Waals surface area contributed by atoms with E-state index in [1.165, 1.54) is 12.8 Å². The average molecular weight is 199 g/mol. The van der Waals surface area contributed by atoms with E-state index in [1.807, 2.05) is 6.92 Å². The molecular weight excluding hydrogens is 174 g/mol. The maximum Gasteiger partial charge on any atom is 0.0589 e. The first-order valence-electron chi connectivity index (χ1n) is 5.64. The standard InChI is InChI=1S/C12H25NO/c1-5-7-8-13(6-2)12(10-14)9-11(3)4/h12,14H,3,5-10H2,1-2,4H3/t12-/m1/s1. The van der Waals surface area contributed by atoms with E-state index >= 15 is 0 Å². The van der Waals surface area contributed by atoms with Gasteiger partial charge < -0.3 is 5.11 Å². The van der Waals surface area contributed by atoms with Crippen LogP contribution in [0.15, 0.2) is 12.2 Å². The number of unbranched alkanes of at least 4 members (excludes halogenated alkanes) is 1. The van der Waals surface area contributed by atoms with Gasteiger partial charge in [-0.1, -0.05) is 25.8 Å². The van der Waals surface area contributed by atoms with Crippen LogP contribution in [-0.2, 0) is 0 Å². The van der Waals surface area contributed by atoms with Crippen LogP contribution in [0.25, 0.3) is 0 Å². The largest absolute Gasteiger partial charge is 0.395 e. The molecule has 0 aliphatic carbocycles. The molecule has 0 amide bonds. The van der Waals surface area contributed by atoms with Gasteiger partial charge in [0.05, 0.1) is 6.61 Å². The van der Waals surface area contributed by atoms with Crippen molar-refractivity contribution in [1.82, 2.24) is 4.90 Å². The summed E-state index contributed by atoms with van der Waals surface area (Å²) in [7, 11) is 0. The number of hydrogen-bond donors (Lipinski definition) is 1. The molecule has 84 valence electrons. The summed E-state index contributed by atoms with van der Waals surface area (Å²) in [6, 6.07) is 0.268. The van der Waals surface area contributed by atoms with Crippen molar-refractivity contribution in [1.29, 1.82) is 0 Å². The zero-order chi connectivity index (χ0) is 11.0. The Morgan fingerprint density at radius 3 is 2.43 bits per heavy atom. The van der Waals surface area contributed by atoms with E-state index in [2.05, 4.69) is 25.3 Å². The molecule has 2 nitrogen and oxygen atoms in total. The van der Waals surface area contributed by atoms with Gasteiger partial charge in [-0.25, -0.2) is 0 Å². The normalized spacial score (nSPS) is 13.2. The Kier molecular flexibility index (Phi) is 7.81. The van der Waals surface area contributed by atoms with Crippen LogP contribution < -0.4 is 0 Å². The van der Waals surface area contributed by atoms with Gasteiger partial charge in [-0.2, -0.15) is 0 Å². The Labute approximate surface area is 88.6 Å². The molecule has 0 saturated carbocycles. The first-order valence-corrected chi connectivity index (χ1v) is 5.64. The van der Waals surface area contributed by atoms with E-state index in [0.29, 0.717) is 0 Å². The molecule has 0 saturated heterocycles. The molecule has 1 atom stereocenters. The highest BCUT2D eigenvalue weighted by Gasteiger charge is 2.15. The number of hydrogen-bond acceptors (Lipinski definition) is 2.